The number of hydrogen-bond acceptors (Lipinski definition) is 5. The number of nitrogens with zero attached hydrogens (tertiary/aromatic N) is 1. The van der Waals surface area contributed by atoms with Gasteiger partial charge in [-0.05, 0) is 49.2 Å². The number of esters is 1. The maximum absolute atomic E-state index is 11.7. The van der Waals surface area contributed by atoms with Gasteiger partial charge in [-0.2, -0.15) is 5.10 Å². The molecular formula is C19H20N2O4. The van der Waals surface area contributed by atoms with Gasteiger partial charge in [-0.25, -0.2) is 10.2 Å². The molecule has 0 atom stereocenters. The summed E-state index contributed by atoms with van der Waals surface area (Å²) in [6.45, 7) is 3.85. The summed E-state index contributed by atoms with van der Waals surface area (Å²) in [6.07, 6.45) is 1.58. The lowest BCUT2D eigenvalue weighted by atomic mass is 10.1. The summed E-state index contributed by atoms with van der Waals surface area (Å²) in [5.41, 5.74) is 4.84. The van der Waals surface area contributed by atoms with Crippen molar-refractivity contribution in [3.8, 4) is 5.75 Å². The van der Waals surface area contributed by atoms with Crippen molar-refractivity contribution in [3.05, 3.63) is 65.2 Å². The van der Waals surface area contributed by atoms with Gasteiger partial charge in [0.05, 0.1) is 18.4 Å². The van der Waals surface area contributed by atoms with Crippen LogP contribution in [0.1, 0.15) is 28.4 Å². The van der Waals surface area contributed by atoms with E-state index < -0.39 is 5.97 Å². The number of amides is 1. The van der Waals surface area contributed by atoms with E-state index in [-0.39, 0.29) is 12.5 Å². The van der Waals surface area contributed by atoms with E-state index in [9.17, 15) is 9.59 Å². The summed E-state index contributed by atoms with van der Waals surface area (Å²) >= 11 is 0. The summed E-state index contributed by atoms with van der Waals surface area (Å²) in [4.78, 5) is 23.3. The number of carbonyl (C=O) groups excluding carboxylic acids is 2. The molecule has 25 heavy (non-hydrogen) atoms. The zero-order valence-corrected chi connectivity index (χ0v) is 14.2. The molecule has 0 bridgehead atoms. The SMILES string of the molecule is CCOC(=O)c1ccc(OCC(=O)N/N=C/c2ccccc2C)cc1. The van der Waals surface area contributed by atoms with Gasteiger partial charge in [0.25, 0.3) is 5.91 Å². The van der Waals surface area contributed by atoms with Gasteiger partial charge < -0.3 is 9.47 Å². The lowest BCUT2D eigenvalue weighted by molar-refractivity contribution is -0.123. The van der Waals surface area contributed by atoms with Gasteiger partial charge in [0.15, 0.2) is 6.61 Å². The molecule has 6 nitrogen and oxygen atoms in total. The second kappa shape index (κ2) is 9.22. The predicted molar refractivity (Wildman–Crippen MR) is 94.8 cm³/mol. The number of aryl methyl sites for hydroxylation is 1. The first-order valence-corrected chi connectivity index (χ1v) is 7.87. The molecule has 0 aliphatic carbocycles. The molecule has 1 amide bonds. The molecule has 1 N–H and O–H groups in total. The summed E-state index contributed by atoms with van der Waals surface area (Å²) in [5.74, 6) is -0.289. The van der Waals surface area contributed by atoms with Gasteiger partial charge >= 0.3 is 5.97 Å². The van der Waals surface area contributed by atoms with Crippen LogP contribution in [0.15, 0.2) is 53.6 Å². The Kier molecular flexibility index (Phi) is 6.71. The average Bonchev–Trinajstić information content (AvgIpc) is 2.62. The van der Waals surface area contributed by atoms with Crippen LogP contribution in [0.2, 0.25) is 0 Å². The van der Waals surface area contributed by atoms with E-state index in [4.69, 9.17) is 9.47 Å². The van der Waals surface area contributed by atoms with Crippen LogP contribution in [0.4, 0.5) is 0 Å². The van der Waals surface area contributed by atoms with Crippen LogP contribution >= 0.6 is 0 Å². The molecule has 6 heteroatoms. The van der Waals surface area contributed by atoms with Crippen molar-refractivity contribution in [2.24, 2.45) is 5.10 Å². The largest absolute Gasteiger partial charge is 0.484 e. The lowest BCUT2D eigenvalue weighted by Gasteiger charge is -2.06. The van der Waals surface area contributed by atoms with Crippen LogP contribution in [-0.4, -0.2) is 31.3 Å². The Hall–Kier alpha value is -3.15. The average molecular weight is 340 g/mol. The maximum Gasteiger partial charge on any atom is 0.338 e. The fourth-order valence-corrected chi connectivity index (χ4v) is 1.99. The summed E-state index contributed by atoms with van der Waals surface area (Å²) < 4.78 is 10.2. The van der Waals surface area contributed by atoms with Crippen LogP contribution in [0.5, 0.6) is 5.75 Å². The smallest absolute Gasteiger partial charge is 0.338 e. The Morgan fingerprint density at radius 1 is 1.12 bits per heavy atom. The molecule has 0 unspecified atom stereocenters. The Balaban J connectivity index is 1.80. The maximum atomic E-state index is 11.7. The van der Waals surface area contributed by atoms with Crippen molar-refractivity contribution in [2.75, 3.05) is 13.2 Å². The molecule has 0 radical (unpaired) electrons. The zero-order chi connectivity index (χ0) is 18.1. The van der Waals surface area contributed by atoms with Gasteiger partial charge in [0, 0.05) is 0 Å². The number of benzene rings is 2. The molecule has 0 fully saturated rings. The Labute approximate surface area is 146 Å². The second-order valence-corrected chi connectivity index (χ2v) is 5.18. The highest BCUT2D eigenvalue weighted by Gasteiger charge is 2.07. The number of ether oxygens (including phenoxy) is 2. The van der Waals surface area contributed by atoms with Crippen molar-refractivity contribution < 1.29 is 19.1 Å². The van der Waals surface area contributed by atoms with Gasteiger partial charge in [-0.15, -0.1) is 0 Å². The van der Waals surface area contributed by atoms with Crippen LogP contribution in [-0.2, 0) is 9.53 Å². The van der Waals surface area contributed by atoms with Crippen LogP contribution in [0, 0.1) is 6.92 Å². The molecule has 0 aromatic heterocycles. The Morgan fingerprint density at radius 3 is 2.52 bits per heavy atom. The standard InChI is InChI=1S/C19H20N2O4/c1-3-24-19(23)15-8-10-17(11-9-15)25-13-18(22)21-20-12-16-7-5-4-6-14(16)2/h4-12H,3,13H2,1-2H3,(H,21,22)/b20-12+. The first-order valence-electron chi connectivity index (χ1n) is 7.87. The van der Waals surface area contributed by atoms with Crippen molar-refractivity contribution in [3.63, 3.8) is 0 Å². The zero-order valence-electron chi connectivity index (χ0n) is 14.2. The molecule has 0 aliphatic rings. The van der Waals surface area contributed by atoms with Crippen LogP contribution in [0.25, 0.3) is 0 Å². The van der Waals surface area contributed by atoms with Gasteiger partial charge in [0.2, 0.25) is 0 Å². The fourth-order valence-electron chi connectivity index (χ4n) is 1.99. The molecule has 0 saturated carbocycles. The van der Waals surface area contributed by atoms with E-state index >= 15 is 0 Å². The number of carbonyl (C=O) groups is 2. The molecule has 0 saturated heterocycles. The number of hydrogen-bond donors (Lipinski definition) is 1. The molecule has 130 valence electrons. The van der Waals surface area contributed by atoms with Crippen molar-refractivity contribution in [1.82, 2.24) is 5.43 Å². The molecule has 2 aromatic carbocycles. The highest BCUT2D eigenvalue weighted by molar-refractivity contribution is 5.89. The normalized spacial score (nSPS) is 10.5. The quantitative estimate of drug-likeness (QED) is 0.478. The van der Waals surface area contributed by atoms with Crippen molar-refractivity contribution in [1.29, 1.82) is 0 Å². The topological polar surface area (TPSA) is 77.0 Å². The highest BCUT2D eigenvalue weighted by atomic mass is 16.5. The third-order valence-corrected chi connectivity index (χ3v) is 3.32. The molecule has 2 rings (SSSR count). The van der Waals surface area contributed by atoms with Gasteiger partial charge in [0.1, 0.15) is 5.75 Å². The predicted octanol–water partition coefficient (Wildman–Crippen LogP) is 2.70. The van der Waals surface area contributed by atoms with E-state index in [1.54, 1.807) is 37.4 Å². The first-order chi connectivity index (χ1) is 12.1. The number of hydrazone groups is 1. The Morgan fingerprint density at radius 2 is 1.84 bits per heavy atom. The monoisotopic (exact) mass is 340 g/mol. The summed E-state index contributed by atoms with van der Waals surface area (Å²) in [7, 11) is 0. The van der Waals surface area contributed by atoms with Crippen molar-refractivity contribution >= 4 is 18.1 Å². The molecular weight excluding hydrogens is 320 g/mol. The van der Waals surface area contributed by atoms with E-state index in [1.807, 2.05) is 31.2 Å². The highest BCUT2D eigenvalue weighted by Crippen LogP contribution is 2.12. The third-order valence-electron chi connectivity index (χ3n) is 3.32. The van der Waals surface area contributed by atoms with Gasteiger partial charge in [-0.1, -0.05) is 24.3 Å². The first kappa shape index (κ1) is 18.2. The number of rotatable bonds is 7. The van der Waals surface area contributed by atoms with E-state index in [2.05, 4.69) is 10.5 Å². The van der Waals surface area contributed by atoms with E-state index in [0.717, 1.165) is 11.1 Å². The summed E-state index contributed by atoms with van der Waals surface area (Å²) in [6, 6.07) is 14.1. The fraction of sp³-hybridized carbons (Fsp3) is 0.211. The molecule has 0 spiro atoms. The minimum absolute atomic E-state index is 0.177. The molecule has 0 heterocycles. The third kappa shape index (κ3) is 5.76. The number of nitrogens with one attached hydrogen (secondary N) is 1. The molecule has 0 aliphatic heterocycles. The van der Waals surface area contributed by atoms with Crippen LogP contribution < -0.4 is 10.2 Å². The van der Waals surface area contributed by atoms with Crippen LogP contribution in [0.3, 0.4) is 0 Å². The van der Waals surface area contributed by atoms with E-state index in [0.29, 0.717) is 17.9 Å². The minimum atomic E-state index is -0.391. The van der Waals surface area contributed by atoms with E-state index in [1.165, 1.54) is 0 Å². The van der Waals surface area contributed by atoms with Crippen molar-refractivity contribution in [2.45, 2.75) is 13.8 Å². The van der Waals surface area contributed by atoms with Gasteiger partial charge in [-0.3, -0.25) is 4.79 Å². The molecule has 2 aromatic rings. The second-order valence-electron chi connectivity index (χ2n) is 5.18. The minimum Gasteiger partial charge on any atom is -0.484 e. The summed E-state index contributed by atoms with van der Waals surface area (Å²) in [5, 5.41) is 3.91. The Bertz CT molecular complexity index is 754. The lowest BCUT2D eigenvalue weighted by Crippen LogP contribution is -2.24.